The molecule has 1 amide bonds. The summed E-state index contributed by atoms with van der Waals surface area (Å²) in [5.41, 5.74) is 1.53. The minimum Gasteiger partial charge on any atom is -0.366 e. The fourth-order valence-electron chi connectivity index (χ4n) is 3.67. The van der Waals surface area contributed by atoms with E-state index in [-0.39, 0.29) is 11.5 Å². The van der Waals surface area contributed by atoms with Gasteiger partial charge in [-0.2, -0.15) is 5.10 Å². The summed E-state index contributed by atoms with van der Waals surface area (Å²) < 4.78 is 7.24. The molecule has 12 heteroatoms. The van der Waals surface area contributed by atoms with Gasteiger partial charge in [-0.15, -0.1) is 0 Å². The van der Waals surface area contributed by atoms with Crippen LogP contribution in [-0.2, 0) is 22.6 Å². The van der Waals surface area contributed by atoms with Crippen molar-refractivity contribution in [3.8, 4) is 0 Å². The quantitative estimate of drug-likeness (QED) is 0.516. The predicted octanol–water partition coefficient (Wildman–Crippen LogP) is 1.83. The molecule has 2 N–H and O–H groups in total. The highest BCUT2D eigenvalue weighted by molar-refractivity contribution is 6.42. The molecule has 0 bridgehead atoms. The third-order valence-corrected chi connectivity index (χ3v) is 6.18. The Morgan fingerprint density at radius 2 is 2.12 bits per heavy atom. The van der Waals surface area contributed by atoms with Crippen molar-refractivity contribution >= 4 is 46.1 Å². The number of fused-ring (bicyclic) bond motifs is 1. The average molecular weight is 494 g/mol. The van der Waals surface area contributed by atoms with E-state index in [1.54, 1.807) is 37.1 Å². The van der Waals surface area contributed by atoms with Crippen LogP contribution in [0.2, 0.25) is 10.0 Å². The Morgan fingerprint density at radius 3 is 2.88 bits per heavy atom. The number of nitrogens with one attached hydrogen (secondary N) is 2. The first-order valence-corrected chi connectivity index (χ1v) is 11.3. The Kier molecular flexibility index (Phi) is 7.18. The van der Waals surface area contributed by atoms with Crippen LogP contribution in [0.25, 0.3) is 11.0 Å². The Morgan fingerprint density at radius 1 is 1.30 bits per heavy atom. The molecule has 1 aliphatic heterocycles. The molecule has 3 heterocycles. The number of ether oxygens (including phenoxy) is 1. The lowest BCUT2D eigenvalue weighted by Gasteiger charge is -2.33. The highest BCUT2D eigenvalue weighted by atomic mass is 35.5. The molecule has 3 aromatic rings. The lowest BCUT2D eigenvalue weighted by molar-refractivity contribution is -0.146. The van der Waals surface area contributed by atoms with Crippen molar-refractivity contribution in [3.63, 3.8) is 0 Å². The van der Waals surface area contributed by atoms with Crippen LogP contribution < -0.4 is 10.9 Å². The number of rotatable bonds is 7. The lowest BCUT2D eigenvalue weighted by atomic mass is 10.2. The summed E-state index contributed by atoms with van der Waals surface area (Å²) in [5.74, 6) is 0.294. The Hall–Kier alpha value is -2.66. The molecular weight excluding hydrogens is 469 g/mol. The highest BCUT2D eigenvalue weighted by Crippen LogP contribution is 2.23. The van der Waals surface area contributed by atoms with Gasteiger partial charge in [0.05, 0.1) is 29.4 Å². The first-order valence-electron chi connectivity index (χ1n) is 10.5. The van der Waals surface area contributed by atoms with Crippen LogP contribution in [0.4, 0.5) is 5.95 Å². The number of carbonyl (C=O) groups excluding carboxylic acids is 1. The summed E-state index contributed by atoms with van der Waals surface area (Å²) in [5, 5.41) is 8.39. The maximum absolute atomic E-state index is 12.7. The van der Waals surface area contributed by atoms with E-state index in [0.717, 1.165) is 5.56 Å². The molecule has 1 fully saturated rings. The van der Waals surface area contributed by atoms with Crippen LogP contribution in [0.5, 0.6) is 0 Å². The third kappa shape index (κ3) is 5.47. The summed E-state index contributed by atoms with van der Waals surface area (Å²) in [4.78, 5) is 35.8. The van der Waals surface area contributed by atoms with Crippen LogP contribution in [0.3, 0.4) is 0 Å². The van der Waals surface area contributed by atoms with Gasteiger partial charge >= 0.3 is 0 Å². The molecule has 33 heavy (non-hydrogen) atoms. The first kappa shape index (κ1) is 23.5. The van der Waals surface area contributed by atoms with Crippen molar-refractivity contribution in [2.75, 3.05) is 45.7 Å². The minimum atomic E-state index is -0.475. The van der Waals surface area contributed by atoms with Gasteiger partial charge < -0.3 is 15.0 Å². The average Bonchev–Trinajstić information content (AvgIpc) is 3.21. The number of anilines is 1. The fourth-order valence-corrected chi connectivity index (χ4v) is 3.99. The van der Waals surface area contributed by atoms with E-state index in [9.17, 15) is 9.59 Å². The zero-order valence-electron chi connectivity index (χ0n) is 18.3. The third-order valence-electron chi connectivity index (χ3n) is 5.44. The van der Waals surface area contributed by atoms with Crippen molar-refractivity contribution in [3.05, 3.63) is 50.4 Å². The number of aromatic amines is 1. The predicted molar refractivity (Wildman–Crippen MR) is 127 cm³/mol. The number of hydrogen-bond donors (Lipinski definition) is 2. The van der Waals surface area contributed by atoms with Gasteiger partial charge in [-0.05, 0) is 17.7 Å². The maximum atomic E-state index is 12.7. The van der Waals surface area contributed by atoms with Crippen molar-refractivity contribution < 1.29 is 9.53 Å². The Bertz CT molecular complexity index is 1210. The van der Waals surface area contributed by atoms with E-state index < -0.39 is 6.10 Å². The van der Waals surface area contributed by atoms with Crippen LogP contribution in [0, 0.1) is 0 Å². The van der Waals surface area contributed by atoms with Gasteiger partial charge in [0.15, 0.2) is 5.52 Å². The monoisotopic (exact) mass is 493 g/mol. The molecule has 0 aliphatic carbocycles. The smallest absolute Gasteiger partial charge is 0.278 e. The zero-order chi connectivity index (χ0) is 23.5. The number of carbonyl (C=O) groups is 1. The highest BCUT2D eigenvalue weighted by Gasteiger charge is 2.27. The van der Waals surface area contributed by atoms with Crippen molar-refractivity contribution in [2.45, 2.75) is 19.2 Å². The van der Waals surface area contributed by atoms with Gasteiger partial charge in [-0.1, -0.05) is 29.3 Å². The number of morpholine rings is 1. The van der Waals surface area contributed by atoms with Gasteiger partial charge in [0.1, 0.15) is 11.6 Å². The number of amides is 1. The summed E-state index contributed by atoms with van der Waals surface area (Å²) in [6.07, 6.45) is 1.10. The first-order chi connectivity index (χ1) is 15.8. The molecule has 1 aliphatic rings. The molecule has 4 rings (SSSR count). The van der Waals surface area contributed by atoms with Crippen molar-refractivity contribution in [1.29, 1.82) is 0 Å². The summed E-state index contributed by atoms with van der Waals surface area (Å²) in [6.45, 7) is 3.26. The molecule has 0 spiro atoms. The number of benzene rings is 1. The number of likely N-dealkylation sites (N-methyl/N-ethyl adjacent to an activating group) is 1. The van der Waals surface area contributed by atoms with Gasteiger partial charge in [0.25, 0.3) is 11.5 Å². The number of hydrogen-bond acceptors (Lipinski definition) is 7. The molecular formula is C21H25Cl2N7O3. The van der Waals surface area contributed by atoms with Gasteiger partial charge in [-0.3, -0.25) is 24.2 Å². The molecule has 2 aromatic heterocycles. The normalized spacial score (nSPS) is 16.8. The molecule has 0 radical (unpaired) electrons. The van der Waals surface area contributed by atoms with E-state index in [4.69, 9.17) is 27.9 Å². The lowest BCUT2D eigenvalue weighted by Crippen LogP contribution is -2.50. The number of nitrogens with zero attached hydrogens (tertiary/aromatic N) is 5. The van der Waals surface area contributed by atoms with Crippen LogP contribution in [-0.4, -0.2) is 81.9 Å². The van der Waals surface area contributed by atoms with Gasteiger partial charge in [0, 0.05) is 40.3 Å². The summed E-state index contributed by atoms with van der Waals surface area (Å²) in [7, 11) is 3.43. The Balaban J connectivity index is 1.41. The van der Waals surface area contributed by atoms with Crippen molar-refractivity contribution in [1.82, 2.24) is 29.5 Å². The van der Waals surface area contributed by atoms with E-state index in [2.05, 4.69) is 25.3 Å². The molecule has 1 atom stereocenters. The SMILES string of the molecule is CN(C)C(=O)C1CN(CCn2ncc3nc(NCc4ccc(Cl)c(Cl)c4)[nH]c(=O)c32)CCO1. The number of H-pyrrole nitrogens is 1. The second-order valence-electron chi connectivity index (χ2n) is 8.01. The Labute approximate surface area is 200 Å². The molecule has 0 saturated carbocycles. The van der Waals surface area contributed by atoms with Gasteiger partial charge in [-0.25, -0.2) is 4.98 Å². The molecule has 10 nitrogen and oxygen atoms in total. The van der Waals surface area contributed by atoms with Crippen LogP contribution in [0.1, 0.15) is 5.56 Å². The minimum absolute atomic E-state index is 0.0502. The fraction of sp³-hybridized carbons (Fsp3) is 0.429. The summed E-state index contributed by atoms with van der Waals surface area (Å²) >= 11 is 12.0. The van der Waals surface area contributed by atoms with E-state index >= 15 is 0 Å². The second-order valence-corrected chi connectivity index (χ2v) is 8.83. The maximum Gasteiger partial charge on any atom is 0.278 e. The van der Waals surface area contributed by atoms with Crippen LogP contribution >= 0.6 is 23.2 Å². The molecule has 176 valence electrons. The van der Waals surface area contributed by atoms with E-state index in [1.807, 2.05) is 6.07 Å². The van der Waals surface area contributed by atoms with Crippen molar-refractivity contribution in [2.24, 2.45) is 0 Å². The molecule has 1 saturated heterocycles. The summed E-state index contributed by atoms with van der Waals surface area (Å²) in [6, 6.07) is 5.32. The number of halogens is 2. The van der Waals surface area contributed by atoms with E-state index in [0.29, 0.717) is 66.4 Å². The zero-order valence-corrected chi connectivity index (χ0v) is 19.9. The van der Waals surface area contributed by atoms with Crippen LogP contribution in [0.15, 0.2) is 29.2 Å². The topological polar surface area (TPSA) is 108 Å². The van der Waals surface area contributed by atoms with Gasteiger partial charge in [0.2, 0.25) is 5.95 Å². The molecule has 1 unspecified atom stereocenters. The molecule has 1 aromatic carbocycles. The second kappa shape index (κ2) is 10.1. The van der Waals surface area contributed by atoms with E-state index in [1.165, 1.54) is 4.90 Å². The standard InChI is InChI=1S/C21H25Cl2N7O3/c1-28(2)20(32)17-12-29(7-8-33-17)5-6-30-18-16(11-25-30)26-21(27-19(18)31)24-10-13-3-4-14(22)15(23)9-13/h3-4,9,11,17H,5-8,10,12H2,1-2H3,(H2,24,26,27,31). The number of aromatic nitrogens is 4. The largest absolute Gasteiger partial charge is 0.366 e.